The highest BCUT2D eigenvalue weighted by molar-refractivity contribution is 7.90. The van der Waals surface area contributed by atoms with Gasteiger partial charge in [-0.25, -0.2) is 8.42 Å². The fourth-order valence-corrected chi connectivity index (χ4v) is 2.13. The van der Waals surface area contributed by atoms with Crippen LogP contribution >= 0.6 is 11.6 Å². The minimum absolute atomic E-state index is 0.0981. The molecule has 0 aliphatic rings. The van der Waals surface area contributed by atoms with Gasteiger partial charge in [-0.2, -0.15) is 0 Å². The molecule has 0 fully saturated rings. The van der Waals surface area contributed by atoms with Crippen molar-refractivity contribution >= 4 is 27.1 Å². The van der Waals surface area contributed by atoms with Gasteiger partial charge in [0.2, 0.25) is 0 Å². The highest BCUT2D eigenvalue weighted by Gasteiger charge is 2.21. The van der Waals surface area contributed by atoms with E-state index in [0.29, 0.717) is 0 Å². The number of benzene rings is 1. The van der Waals surface area contributed by atoms with E-state index in [1.54, 1.807) is 0 Å². The number of rotatable bonds is 3. The Morgan fingerprint density at radius 2 is 2.06 bits per heavy atom. The van der Waals surface area contributed by atoms with Crippen LogP contribution in [0.4, 0.5) is 5.69 Å². The molecule has 0 saturated carbocycles. The molecule has 0 aliphatic heterocycles. The van der Waals surface area contributed by atoms with Gasteiger partial charge in [-0.3, -0.25) is 10.1 Å². The smallest absolute Gasteiger partial charge is 0.277 e. The first kappa shape index (κ1) is 12.9. The molecule has 0 heterocycles. The fourth-order valence-electron chi connectivity index (χ4n) is 1.13. The van der Waals surface area contributed by atoms with Crippen LogP contribution in [-0.4, -0.2) is 24.7 Å². The summed E-state index contributed by atoms with van der Waals surface area (Å²) in [7, 11) is -3.58. The minimum Gasteiger partial charge on any atom is -0.391 e. The predicted octanol–water partition coefficient (Wildman–Crippen LogP) is 1.14. The van der Waals surface area contributed by atoms with Crippen molar-refractivity contribution in [2.45, 2.75) is 11.5 Å². The van der Waals surface area contributed by atoms with Crippen LogP contribution in [0.3, 0.4) is 0 Å². The van der Waals surface area contributed by atoms with Gasteiger partial charge in [-0.15, -0.1) is 0 Å². The first-order chi connectivity index (χ1) is 7.27. The van der Waals surface area contributed by atoms with Crippen molar-refractivity contribution in [1.82, 2.24) is 0 Å². The second kappa shape index (κ2) is 4.36. The van der Waals surface area contributed by atoms with Crippen molar-refractivity contribution in [1.29, 1.82) is 0 Å². The van der Waals surface area contributed by atoms with E-state index >= 15 is 0 Å². The highest BCUT2D eigenvalue weighted by atomic mass is 35.5. The quantitative estimate of drug-likeness (QED) is 0.653. The molecule has 0 saturated heterocycles. The average molecular weight is 266 g/mol. The summed E-state index contributed by atoms with van der Waals surface area (Å²) in [5.41, 5.74) is -0.602. The molecule has 1 N–H and O–H groups in total. The van der Waals surface area contributed by atoms with Gasteiger partial charge in [0.15, 0.2) is 9.84 Å². The SMILES string of the molecule is CS(=O)(=O)c1cc(Cl)c(CO)c([N+](=O)[O-])c1. The van der Waals surface area contributed by atoms with Crippen LogP contribution in [0.15, 0.2) is 17.0 Å². The van der Waals surface area contributed by atoms with Crippen molar-refractivity contribution in [2.24, 2.45) is 0 Å². The van der Waals surface area contributed by atoms with Gasteiger partial charge in [0.25, 0.3) is 5.69 Å². The molecular weight excluding hydrogens is 258 g/mol. The summed E-state index contributed by atoms with van der Waals surface area (Å²) in [6.07, 6.45) is 0.918. The number of sulfone groups is 1. The van der Waals surface area contributed by atoms with Gasteiger partial charge in [0.1, 0.15) is 0 Å². The molecule has 0 bridgehead atoms. The van der Waals surface area contributed by atoms with Gasteiger partial charge >= 0.3 is 0 Å². The molecule has 16 heavy (non-hydrogen) atoms. The van der Waals surface area contributed by atoms with Crippen LogP contribution in [0.25, 0.3) is 0 Å². The Labute approximate surface area is 96.5 Å². The van der Waals surface area contributed by atoms with Crippen LogP contribution in [0.1, 0.15) is 5.56 Å². The largest absolute Gasteiger partial charge is 0.391 e. The van der Waals surface area contributed by atoms with Crippen molar-refractivity contribution in [3.8, 4) is 0 Å². The summed E-state index contributed by atoms with van der Waals surface area (Å²) in [5, 5.41) is 19.4. The lowest BCUT2D eigenvalue weighted by atomic mass is 10.2. The second-order valence-electron chi connectivity index (χ2n) is 3.09. The molecule has 1 rings (SSSR count). The molecule has 0 amide bonds. The van der Waals surface area contributed by atoms with Gasteiger partial charge in [-0.05, 0) is 6.07 Å². The molecule has 0 radical (unpaired) electrons. The van der Waals surface area contributed by atoms with Crippen molar-refractivity contribution in [3.05, 3.63) is 32.8 Å². The zero-order chi connectivity index (χ0) is 12.5. The number of hydrogen-bond acceptors (Lipinski definition) is 5. The van der Waals surface area contributed by atoms with Crippen molar-refractivity contribution < 1.29 is 18.4 Å². The lowest BCUT2D eigenvalue weighted by Gasteiger charge is -2.05. The topological polar surface area (TPSA) is 97.5 Å². The minimum atomic E-state index is -3.58. The van der Waals surface area contributed by atoms with E-state index in [-0.39, 0.29) is 15.5 Å². The van der Waals surface area contributed by atoms with Gasteiger partial charge in [0.05, 0.1) is 27.0 Å². The van der Waals surface area contributed by atoms with E-state index < -0.39 is 27.1 Å². The van der Waals surface area contributed by atoms with Crippen LogP contribution < -0.4 is 0 Å². The molecule has 0 spiro atoms. The maximum absolute atomic E-state index is 11.2. The van der Waals surface area contributed by atoms with E-state index in [0.717, 1.165) is 18.4 Å². The Bertz CT molecular complexity index is 540. The summed E-state index contributed by atoms with van der Waals surface area (Å²) in [6.45, 7) is -0.626. The number of nitro benzene ring substituents is 1. The van der Waals surface area contributed by atoms with Gasteiger partial charge in [-0.1, -0.05) is 11.6 Å². The van der Waals surface area contributed by atoms with E-state index in [9.17, 15) is 18.5 Å². The third-order valence-corrected chi connectivity index (χ3v) is 3.36. The molecule has 0 unspecified atom stereocenters. The van der Waals surface area contributed by atoms with Crippen molar-refractivity contribution in [2.75, 3.05) is 6.26 Å². The maximum atomic E-state index is 11.2. The fraction of sp³-hybridized carbons (Fsp3) is 0.250. The van der Waals surface area contributed by atoms with Crippen LogP contribution in [0, 0.1) is 10.1 Å². The number of aliphatic hydroxyl groups is 1. The van der Waals surface area contributed by atoms with E-state index in [4.69, 9.17) is 16.7 Å². The van der Waals surface area contributed by atoms with Gasteiger partial charge < -0.3 is 5.11 Å². The monoisotopic (exact) mass is 265 g/mol. The molecule has 0 aromatic heterocycles. The lowest BCUT2D eigenvalue weighted by molar-refractivity contribution is -0.386. The lowest BCUT2D eigenvalue weighted by Crippen LogP contribution is -2.02. The summed E-state index contributed by atoms with van der Waals surface area (Å²) >= 11 is 5.66. The Morgan fingerprint density at radius 3 is 2.44 bits per heavy atom. The summed E-state index contributed by atoms with van der Waals surface area (Å²) in [5.74, 6) is 0. The first-order valence-corrected chi connectivity index (χ1v) is 6.32. The molecular formula is C8H8ClNO5S. The van der Waals surface area contributed by atoms with E-state index in [2.05, 4.69) is 0 Å². The number of nitrogens with zero attached hydrogens (tertiary/aromatic N) is 1. The Kier molecular flexibility index (Phi) is 3.51. The molecule has 0 aliphatic carbocycles. The average Bonchev–Trinajstić information content (AvgIpc) is 2.14. The Hall–Kier alpha value is -1.18. The van der Waals surface area contributed by atoms with Crippen LogP contribution in [0.2, 0.25) is 5.02 Å². The highest BCUT2D eigenvalue weighted by Crippen LogP contribution is 2.30. The molecule has 6 nitrogen and oxygen atoms in total. The first-order valence-electron chi connectivity index (χ1n) is 4.05. The summed E-state index contributed by atoms with van der Waals surface area (Å²) in [6, 6.07) is 1.96. The van der Waals surface area contributed by atoms with E-state index in [1.807, 2.05) is 0 Å². The second-order valence-corrected chi connectivity index (χ2v) is 5.51. The summed E-state index contributed by atoms with van der Waals surface area (Å²) < 4.78 is 22.4. The number of halogens is 1. The predicted molar refractivity (Wildman–Crippen MR) is 57.1 cm³/mol. The van der Waals surface area contributed by atoms with Gasteiger partial charge in [0, 0.05) is 12.3 Å². The molecule has 88 valence electrons. The third kappa shape index (κ3) is 2.49. The Balaban J connectivity index is 3.59. The standard InChI is InChI=1S/C8H8ClNO5S/c1-16(14,15)5-2-7(9)6(4-11)8(3-5)10(12)13/h2-3,11H,4H2,1H3. The van der Waals surface area contributed by atoms with Crippen LogP contribution in [0.5, 0.6) is 0 Å². The molecule has 1 aromatic rings. The zero-order valence-electron chi connectivity index (χ0n) is 8.18. The normalized spacial score (nSPS) is 11.4. The molecule has 1 aromatic carbocycles. The van der Waals surface area contributed by atoms with Crippen molar-refractivity contribution in [3.63, 3.8) is 0 Å². The molecule has 0 atom stereocenters. The zero-order valence-corrected chi connectivity index (χ0v) is 9.75. The number of hydrogen-bond donors (Lipinski definition) is 1. The third-order valence-electron chi connectivity index (χ3n) is 1.93. The number of nitro groups is 1. The number of aliphatic hydroxyl groups excluding tert-OH is 1. The summed E-state index contributed by atoms with van der Waals surface area (Å²) in [4.78, 5) is 9.62. The van der Waals surface area contributed by atoms with Crippen LogP contribution in [-0.2, 0) is 16.4 Å². The Morgan fingerprint density at radius 1 is 1.50 bits per heavy atom. The molecule has 8 heteroatoms. The maximum Gasteiger partial charge on any atom is 0.277 e. The van der Waals surface area contributed by atoms with E-state index in [1.165, 1.54) is 0 Å².